The summed E-state index contributed by atoms with van der Waals surface area (Å²) >= 11 is 0. The smallest absolute Gasteiger partial charge is 0.184 e. The van der Waals surface area contributed by atoms with Gasteiger partial charge < -0.3 is 33.5 Å². The Morgan fingerprint density at radius 3 is 2.16 bits per heavy atom. The summed E-state index contributed by atoms with van der Waals surface area (Å²) in [5.74, 6) is 1.85. The van der Waals surface area contributed by atoms with E-state index in [1.165, 1.54) is 92.2 Å². The Labute approximate surface area is 249 Å². The van der Waals surface area contributed by atoms with E-state index >= 15 is 0 Å². The van der Waals surface area contributed by atoms with Gasteiger partial charge in [-0.15, -0.1) is 0 Å². The van der Waals surface area contributed by atoms with Gasteiger partial charge in [0.05, 0.1) is 13.7 Å². The first kappa shape index (κ1) is 32.4. The summed E-state index contributed by atoms with van der Waals surface area (Å²) < 4.78 is 14.8. The Morgan fingerprint density at radius 2 is 1.50 bits per heavy atom. The average molecular weight is 632 g/mol. The summed E-state index contributed by atoms with van der Waals surface area (Å²) in [6.07, 6.45) is 18.1. The van der Waals surface area contributed by atoms with E-state index < -0.39 is 0 Å². The van der Waals surface area contributed by atoms with E-state index in [0.29, 0.717) is 0 Å². The molecule has 3 rings (SSSR count). The minimum Gasteiger partial charge on any atom is -1.00 e. The van der Waals surface area contributed by atoms with E-state index in [9.17, 15) is 0 Å². The van der Waals surface area contributed by atoms with Crippen LogP contribution in [0, 0.1) is 0 Å². The van der Waals surface area contributed by atoms with Crippen molar-refractivity contribution in [1.29, 1.82) is 0 Å². The normalized spacial score (nSPS) is 12.6. The van der Waals surface area contributed by atoms with Gasteiger partial charge in [-0.05, 0) is 30.5 Å². The molecule has 0 amide bonds. The van der Waals surface area contributed by atoms with Gasteiger partial charge in [0.15, 0.2) is 23.8 Å². The molecule has 2 aromatic rings. The van der Waals surface area contributed by atoms with Gasteiger partial charge in [-0.2, -0.15) is 0 Å². The van der Waals surface area contributed by atoms with E-state index in [0.717, 1.165) is 50.5 Å². The number of hydrogen-bond acceptors (Lipinski definition) is 2. The van der Waals surface area contributed by atoms with Crippen LogP contribution in [-0.4, -0.2) is 30.5 Å². The van der Waals surface area contributed by atoms with Crippen LogP contribution in [0.5, 0.6) is 11.5 Å². The summed E-state index contributed by atoms with van der Waals surface area (Å²) in [7, 11) is 1.76. The van der Waals surface area contributed by atoms with Crippen molar-refractivity contribution < 1.29 is 38.0 Å². The van der Waals surface area contributed by atoms with Crippen molar-refractivity contribution in [3.05, 3.63) is 65.2 Å². The van der Waals surface area contributed by atoms with Gasteiger partial charge in [0.25, 0.3) is 0 Å². The van der Waals surface area contributed by atoms with E-state index in [2.05, 4.69) is 61.4 Å². The number of halogens is 1. The van der Waals surface area contributed by atoms with Gasteiger partial charge in [0, 0.05) is 29.5 Å². The molecule has 1 aliphatic rings. The predicted octanol–water partition coefficient (Wildman–Crippen LogP) is 6.00. The molecule has 0 saturated carbocycles. The summed E-state index contributed by atoms with van der Waals surface area (Å²) in [5.41, 5.74) is 6.70. The molecule has 0 aromatic heterocycles. The summed E-state index contributed by atoms with van der Waals surface area (Å²) in [6, 6.07) is 13.2. The molecule has 1 aliphatic heterocycles. The van der Waals surface area contributed by atoms with Gasteiger partial charge in [-0.3, -0.25) is 0 Å². The first-order valence-electron chi connectivity index (χ1n) is 14.9. The Bertz CT molecular complexity index is 996. The summed E-state index contributed by atoms with van der Waals surface area (Å²) in [6.45, 7) is 11.2. The SMILES string of the molecule is C=Cc1ccc(C[N+]2=C(CCCCCCC)c3ccc(OC)c(OCCCCCCCC)c3CC2)cc1.[I-]. The molecule has 0 unspecified atom stereocenters. The Kier molecular flexibility index (Phi) is 15.7. The number of fused-ring (bicyclic) bond motifs is 1. The molecule has 0 radical (unpaired) electrons. The lowest BCUT2D eigenvalue weighted by molar-refractivity contribution is -0.545. The fraction of sp³-hybridized carbons (Fsp3) is 0.559. The fourth-order valence-corrected chi connectivity index (χ4v) is 5.40. The van der Waals surface area contributed by atoms with Crippen LogP contribution in [0.2, 0.25) is 0 Å². The highest BCUT2D eigenvalue weighted by atomic mass is 127. The van der Waals surface area contributed by atoms with Gasteiger partial charge >= 0.3 is 0 Å². The minimum atomic E-state index is 0. The largest absolute Gasteiger partial charge is 1.00 e. The quantitative estimate of drug-likeness (QED) is 0.114. The number of hydrogen-bond donors (Lipinski definition) is 0. The second kappa shape index (κ2) is 18.5. The second-order valence-electron chi connectivity index (χ2n) is 10.5. The average Bonchev–Trinajstić information content (AvgIpc) is 2.93. The number of unbranched alkanes of at least 4 members (excludes halogenated alkanes) is 9. The molecule has 0 bridgehead atoms. The van der Waals surface area contributed by atoms with Crippen molar-refractivity contribution in [2.45, 2.75) is 104 Å². The molecule has 0 spiro atoms. The van der Waals surface area contributed by atoms with Gasteiger partial charge in [-0.1, -0.05) is 109 Å². The third-order valence-corrected chi connectivity index (χ3v) is 7.62. The van der Waals surface area contributed by atoms with Crippen LogP contribution in [-0.2, 0) is 13.0 Å². The molecular weight excluding hydrogens is 581 g/mol. The van der Waals surface area contributed by atoms with Crippen molar-refractivity contribution >= 4 is 11.8 Å². The standard InChI is InChI=1S/C34H50NO2.HI/c1-5-8-10-12-14-16-26-37-34-31-24-25-35(27-29-20-18-28(7-3)19-21-29)32(17-15-13-11-9-6-2)30(31)22-23-33(34)36-4;/h7,18-23H,3,5-6,8-17,24-27H2,1-2,4H3;1H/q+1;/p-1. The molecule has 4 heteroatoms. The number of nitrogens with zero attached hydrogens (tertiary/aromatic N) is 1. The molecule has 0 aliphatic carbocycles. The number of rotatable bonds is 18. The lowest BCUT2D eigenvalue weighted by Gasteiger charge is -2.23. The van der Waals surface area contributed by atoms with Crippen molar-refractivity contribution in [3.8, 4) is 11.5 Å². The van der Waals surface area contributed by atoms with Crippen LogP contribution in [0.4, 0.5) is 0 Å². The van der Waals surface area contributed by atoms with Crippen molar-refractivity contribution in [3.63, 3.8) is 0 Å². The maximum absolute atomic E-state index is 6.45. The first-order valence-corrected chi connectivity index (χ1v) is 14.9. The third-order valence-electron chi connectivity index (χ3n) is 7.62. The Balaban J connectivity index is 0.00000507. The molecule has 1 heterocycles. The Morgan fingerprint density at radius 1 is 0.842 bits per heavy atom. The van der Waals surface area contributed by atoms with Crippen LogP contribution in [0.1, 0.15) is 113 Å². The molecule has 2 aromatic carbocycles. The topological polar surface area (TPSA) is 21.5 Å². The zero-order valence-electron chi connectivity index (χ0n) is 24.2. The lowest BCUT2D eigenvalue weighted by atomic mass is 9.91. The second-order valence-corrected chi connectivity index (χ2v) is 10.5. The van der Waals surface area contributed by atoms with Gasteiger partial charge in [0.1, 0.15) is 6.54 Å². The number of methoxy groups -OCH3 is 1. The van der Waals surface area contributed by atoms with Crippen molar-refractivity contribution in [2.24, 2.45) is 0 Å². The van der Waals surface area contributed by atoms with E-state index in [4.69, 9.17) is 9.47 Å². The highest BCUT2D eigenvalue weighted by Gasteiger charge is 2.29. The van der Waals surface area contributed by atoms with Gasteiger partial charge in [-0.25, -0.2) is 4.58 Å². The van der Waals surface area contributed by atoms with Gasteiger partial charge in [0.2, 0.25) is 0 Å². The molecule has 210 valence electrons. The van der Waals surface area contributed by atoms with Crippen molar-refractivity contribution in [1.82, 2.24) is 0 Å². The highest BCUT2D eigenvalue weighted by Crippen LogP contribution is 2.37. The highest BCUT2D eigenvalue weighted by molar-refractivity contribution is 5.99. The first-order chi connectivity index (χ1) is 18.2. The molecule has 0 fully saturated rings. The molecular formula is C34H50INO2. The van der Waals surface area contributed by atoms with Crippen LogP contribution in [0.25, 0.3) is 6.08 Å². The maximum Gasteiger partial charge on any atom is 0.184 e. The third kappa shape index (κ3) is 9.73. The zero-order chi connectivity index (χ0) is 26.3. The van der Waals surface area contributed by atoms with Crippen molar-refractivity contribution in [2.75, 3.05) is 20.3 Å². The number of ether oxygens (including phenoxy) is 2. The zero-order valence-corrected chi connectivity index (χ0v) is 26.4. The van der Waals surface area contributed by atoms with Crippen LogP contribution in [0.15, 0.2) is 43.0 Å². The fourth-order valence-electron chi connectivity index (χ4n) is 5.40. The maximum atomic E-state index is 6.45. The summed E-state index contributed by atoms with van der Waals surface area (Å²) in [4.78, 5) is 0. The van der Waals surface area contributed by atoms with E-state index in [1.54, 1.807) is 7.11 Å². The summed E-state index contributed by atoms with van der Waals surface area (Å²) in [5, 5.41) is 0. The minimum absolute atomic E-state index is 0. The number of benzene rings is 2. The monoisotopic (exact) mass is 631 g/mol. The molecule has 3 nitrogen and oxygen atoms in total. The molecule has 0 atom stereocenters. The lowest BCUT2D eigenvalue weighted by Crippen LogP contribution is -3.00. The van der Waals surface area contributed by atoms with Crippen LogP contribution in [0.3, 0.4) is 0 Å². The van der Waals surface area contributed by atoms with E-state index in [-0.39, 0.29) is 24.0 Å². The predicted molar refractivity (Wildman–Crippen MR) is 158 cm³/mol. The molecule has 0 saturated heterocycles. The van der Waals surface area contributed by atoms with E-state index in [1.807, 2.05) is 6.08 Å². The molecule has 0 N–H and O–H groups in total. The van der Waals surface area contributed by atoms with Crippen LogP contribution >= 0.6 is 0 Å². The van der Waals surface area contributed by atoms with Crippen LogP contribution < -0.4 is 33.5 Å². The Hall–Kier alpha value is -1.82. The molecule has 38 heavy (non-hydrogen) atoms.